The van der Waals surface area contributed by atoms with Gasteiger partial charge in [-0.1, -0.05) is 6.08 Å². The van der Waals surface area contributed by atoms with Crippen LogP contribution >= 0.6 is 0 Å². The van der Waals surface area contributed by atoms with Crippen LogP contribution in [0.4, 0.5) is 0 Å². The van der Waals surface area contributed by atoms with Crippen molar-refractivity contribution in [2.45, 2.75) is 25.8 Å². The number of rotatable bonds is 6. The summed E-state index contributed by atoms with van der Waals surface area (Å²) in [6, 6.07) is -0.0319. The van der Waals surface area contributed by atoms with E-state index < -0.39 is 0 Å². The lowest BCUT2D eigenvalue weighted by molar-refractivity contribution is -0.198. The molecule has 0 aromatic carbocycles. The van der Waals surface area contributed by atoms with Crippen molar-refractivity contribution in [1.82, 2.24) is 9.96 Å². The van der Waals surface area contributed by atoms with Gasteiger partial charge in [-0.3, -0.25) is 19.3 Å². The molecule has 0 aliphatic carbocycles. The molecule has 2 amide bonds. The molecular formula is C13H22N4O3. The molecule has 1 unspecified atom stereocenters. The lowest BCUT2D eigenvalue weighted by atomic mass is 10.1. The van der Waals surface area contributed by atoms with Crippen LogP contribution in [0.2, 0.25) is 0 Å². The van der Waals surface area contributed by atoms with Crippen LogP contribution in [0.1, 0.15) is 19.8 Å². The van der Waals surface area contributed by atoms with Gasteiger partial charge in [-0.15, -0.1) is 6.58 Å². The van der Waals surface area contributed by atoms with Crippen LogP contribution in [0, 0.1) is 11.8 Å². The van der Waals surface area contributed by atoms with Crippen LogP contribution in [0.15, 0.2) is 12.7 Å². The normalized spacial score (nSPS) is 18.4. The number of likely N-dealkylation sites (tertiary alicyclic amines) is 1. The summed E-state index contributed by atoms with van der Waals surface area (Å²) in [5, 5.41) is 7.88. The summed E-state index contributed by atoms with van der Waals surface area (Å²) < 4.78 is 0. The molecule has 112 valence electrons. The van der Waals surface area contributed by atoms with E-state index in [2.05, 4.69) is 13.2 Å². The van der Waals surface area contributed by atoms with E-state index in [0.29, 0.717) is 13.2 Å². The zero-order valence-corrected chi connectivity index (χ0v) is 11.8. The highest BCUT2D eigenvalue weighted by Crippen LogP contribution is 2.16. The minimum atomic E-state index is -0.350. The van der Waals surface area contributed by atoms with E-state index in [4.69, 9.17) is 15.8 Å². The fraction of sp³-hybridized carbons (Fsp3) is 0.615. The lowest BCUT2D eigenvalue weighted by Crippen LogP contribution is -2.51. The van der Waals surface area contributed by atoms with E-state index in [1.807, 2.05) is 4.90 Å². The van der Waals surface area contributed by atoms with Crippen molar-refractivity contribution in [3.63, 3.8) is 0 Å². The van der Waals surface area contributed by atoms with Crippen LogP contribution in [-0.2, 0) is 14.4 Å². The number of nitrogens with zero attached hydrogens (tertiary/aromatic N) is 3. The predicted molar refractivity (Wildman–Crippen MR) is 74.0 cm³/mol. The molecule has 1 rings (SSSR count). The molecule has 1 atom stereocenters. The number of carbonyl (C=O) groups is 2. The van der Waals surface area contributed by atoms with E-state index in [1.165, 1.54) is 12.0 Å². The van der Waals surface area contributed by atoms with Crippen LogP contribution in [0.5, 0.6) is 0 Å². The second kappa shape index (κ2) is 9.95. The Morgan fingerprint density at radius 2 is 2.25 bits per heavy atom. The second-order valence-corrected chi connectivity index (χ2v) is 4.43. The number of nitriles is 1. The molecule has 0 spiro atoms. The number of hydrogen-bond acceptors (Lipinski definition) is 5. The smallest absolute Gasteiger partial charge is 0.243 e. The van der Waals surface area contributed by atoms with Gasteiger partial charge in [-0.2, -0.15) is 0 Å². The highest BCUT2D eigenvalue weighted by Gasteiger charge is 2.28. The molecule has 2 N–H and O–H groups in total. The van der Waals surface area contributed by atoms with E-state index in [0.717, 1.165) is 19.4 Å². The number of piperidine rings is 1. The Balaban J connectivity index is 0.00000172. The fourth-order valence-corrected chi connectivity index (χ4v) is 2.17. The lowest BCUT2D eigenvalue weighted by Gasteiger charge is -2.37. The summed E-state index contributed by atoms with van der Waals surface area (Å²) in [5.41, 5.74) is 5.18. The van der Waals surface area contributed by atoms with Crippen molar-refractivity contribution in [3.8, 4) is 6.57 Å². The highest BCUT2D eigenvalue weighted by molar-refractivity contribution is 5.76. The van der Waals surface area contributed by atoms with Gasteiger partial charge < -0.3 is 5.73 Å². The third kappa shape index (κ3) is 6.31. The fourth-order valence-electron chi connectivity index (χ4n) is 2.17. The van der Waals surface area contributed by atoms with E-state index >= 15 is 0 Å². The van der Waals surface area contributed by atoms with E-state index in [9.17, 15) is 9.59 Å². The molecule has 0 radical (unpaired) electrons. The van der Waals surface area contributed by atoms with Crippen molar-refractivity contribution in [2.24, 2.45) is 5.73 Å². The topological polar surface area (TPSA) is 99.7 Å². The summed E-state index contributed by atoms with van der Waals surface area (Å²) in [6.07, 6.45) is 3.38. The minimum absolute atomic E-state index is 0.0319. The Morgan fingerprint density at radius 3 is 2.75 bits per heavy atom. The van der Waals surface area contributed by atoms with Gasteiger partial charge in [0.1, 0.15) is 0 Å². The van der Waals surface area contributed by atoms with Gasteiger partial charge in [0.2, 0.25) is 11.8 Å². The van der Waals surface area contributed by atoms with Gasteiger partial charge in [0.05, 0.1) is 19.2 Å². The van der Waals surface area contributed by atoms with Gasteiger partial charge in [0, 0.05) is 20.0 Å². The SMILES string of the molecule is C#N.C=CCON(C(C)=O)C1CCCN(CC(N)=O)C1. The second-order valence-electron chi connectivity index (χ2n) is 4.43. The predicted octanol–water partition coefficient (Wildman–Crippen LogP) is 0.0420. The summed E-state index contributed by atoms with van der Waals surface area (Å²) in [5.74, 6) is -0.486. The Labute approximate surface area is 119 Å². The van der Waals surface area contributed by atoms with Crippen molar-refractivity contribution < 1.29 is 14.4 Å². The molecule has 20 heavy (non-hydrogen) atoms. The first kappa shape index (κ1) is 18.1. The average Bonchev–Trinajstić information content (AvgIpc) is 2.41. The monoisotopic (exact) mass is 282 g/mol. The first-order chi connectivity index (χ1) is 9.54. The number of amides is 2. The maximum Gasteiger partial charge on any atom is 0.243 e. The quantitative estimate of drug-likeness (QED) is 0.548. The molecule has 0 bridgehead atoms. The number of nitrogens with two attached hydrogens (primary N) is 1. The third-order valence-electron chi connectivity index (χ3n) is 2.83. The van der Waals surface area contributed by atoms with Crippen LogP contribution in [0.25, 0.3) is 0 Å². The van der Waals surface area contributed by atoms with Gasteiger partial charge in [-0.05, 0) is 19.4 Å². The summed E-state index contributed by atoms with van der Waals surface area (Å²) >= 11 is 0. The number of carbonyl (C=O) groups excluding carboxylic acids is 2. The summed E-state index contributed by atoms with van der Waals surface area (Å²) in [6.45, 7) is 10.5. The average molecular weight is 282 g/mol. The number of hydrogen-bond donors (Lipinski definition) is 1. The molecule has 7 nitrogen and oxygen atoms in total. The molecule has 1 saturated heterocycles. The highest BCUT2D eigenvalue weighted by atomic mass is 16.7. The van der Waals surface area contributed by atoms with Gasteiger partial charge in [0.15, 0.2) is 0 Å². The van der Waals surface area contributed by atoms with Gasteiger partial charge in [-0.25, -0.2) is 10.3 Å². The van der Waals surface area contributed by atoms with Crippen LogP contribution in [-0.4, -0.2) is 54.1 Å². The first-order valence-corrected chi connectivity index (χ1v) is 6.34. The maximum absolute atomic E-state index is 11.5. The zero-order chi connectivity index (χ0) is 15.5. The largest absolute Gasteiger partial charge is 0.369 e. The Morgan fingerprint density at radius 1 is 1.60 bits per heavy atom. The Bertz CT molecular complexity index is 357. The number of hydroxylamine groups is 2. The molecule has 1 heterocycles. The molecule has 0 aromatic heterocycles. The van der Waals surface area contributed by atoms with E-state index in [-0.39, 0.29) is 24.4 Å². The van der Waals surface area contributed by atoms with E-state index in [1.54, 1.807) is 6.08 Å². The van der Waals surface area contributed by atoms with Crippen molar-refractivity contribution >= 4 is 11.8 Å². The Hall–Kier alpha value is -1.91. The summed E-state index contributed by atoms with van der Waals surface area (Å²) in [4.78, 5) is 29.8. The molecule has 7 heteroatoms. The summed E-state index contributed by atoms with van der Waals surface area (Å²) in [7, 11) is 0. The van der Waals surface area contributed by atoms with Crippen LogP contribution in [0.3, 0.4) is 0 Å². The third-order valence-corrected chi connectivity index (χ3v) is 2.83. The standard InChI is InChI=1S/C12H21N3O3.CHN/c1-3-7-18-15(10(2)16)11-5-4-6-14(8-11)9-12(13)17;1-2/h3,11H,1,4-9H2,2H3,(H2,13,17);1H. The Kier molecular flexibility index (Phi) is 9.00. The minimum Gasteiger partial charge on any atom is -0.369 e. The van der Waals surface area contributed by atoms with Crippen LogP contribution < -0.4 is 5.73 Å². The van der Waals surface area contributed by atoms with Crippen molar-refractivity contribution in [2.75, 3.05) is 26.2 Å². The van der Waals surface area contributed by atoms with Gasteiger partial charge in [0.25, 0.3) is 0 Å². The van der Waals surface area contributed by atoms with Crippen molar-refractivity contribution in [1.29, 1.82) is 5.26 Å². The molecule has 0 aromatic rings. The molecular weight excluding hydrogens is 260 g/mol. The van der Waals surface area contributed by atoms with Gasteiger partial charge >= 0.3 is 0 Å². The zero-order valence-electron chi connectivity index (χ0n) is 11.8. The van der Waals surface area contributed by atoms with Crippen molar-refractivity contribution in [3.05, 3.63) is 12.7 Å². The molecule has 1 aliphatic heterocycles. The molecule has 0 saturated carbocycles. The maximum atomic E-state index is 11.5. The number of primary amides is 1. The first-order valence-electron chi connectivity index (χ1n) is 6.34. The molecule has 1 aliphatic rings. The molecule has 1 fully saturated rings.